The Labute approximate surface area is 177 Å². The van der Waals surface area contributed by atoms with Crippen molar-refractivity contribution >= 4 is 28.4 Å². The second-order valence-corrected chi connectivity index (χ2v) is 7.98. The molecule has 0 fully saturated rings. The molecule has 7 heteroatoms. The Bertz CT molecular complexity index is 1310. The fourth-order valence-corrected chi connectivity index (χ4v) is 4.27. The number of hydrogen-bond donors (Lipinski definition) is 0. The molecule has 0 spiro atoms. The van der Waals surface area contributed by atoms with E-state index in [9.17, 15) is 4.79 Å². The molecule has 3 heterocycles. The molecule has 0 N–H and O–H groups in total. The molecule has 5 rings (SSSR count). The summed E-state index contributed by atoms with van der Waals surface area (Å²) < 4.78 is 16.9. The molecule has 0 saturated carbocycles. The van der Waals surface area contributed by atoms with Gasteiger partial charge in [0.05, 0.1) is 22.8 Å². The summed E-state index contributed by atoms with van der Waals surface area (Å²) in [5, 5.41) is 5.83. The number of pyridine rings is 1. The molecule has 0 saturated heterocycles. The van der Waals surface area contributed by atoms with Crippen LogP contribution in [0.4, 0.5) is 4.39 Å². The average molecular weight is 421 g/mol. The lowest BCUT2D eigenvalue weighted by atomic mass is 9.97. The summed E-state index contributed by atoms with van der Waals surface area (Å²) in [7, 11) is 1.83. The van der Waals surface area contributed by atoms with Crippen molar-refractivity contribution in [1.29, 1.82) is 0 Å². The molecule has 2 aromatic heterocycles. The zero-order chi connectivity index (χ0) is 21.0. The van der Waals surface area contributed by atoms with Crippen LogP contribution in [0.1, 0.15) is 27.2 Å². The van der Waals surface area contributed by atoms with Gasteiger partial charge < -0.3 is 4.90 Å². The molecular formula is C23H18ClFN4O. The van der Waals surface area contributed by atoms with Crippen LogP contribution >= 0.6 is 11.6 Å². The molecule has 1 aliphatic heterocycles. The SMILES string of the molecule is Cc1cc(-c2ccc(Cl)c3nn(C)cc23)cc(F)c1CN1Cc2ncccc2C1=O. The Morgan fingerprint density at radius 3 is 2.80 bits per heavy atom. The number of benzene rings is 2. The highest BCUT2D eigenvalue weighted by Gasteiger charge is 2.29. The van der Waals surface area contributed by atoms with E-state index in [1.807, 2.05) is 32.3 Å². The summed E-state index contributed by atoms with van der Waals surface area (Å²) in [4.78, 5) is 18.5. The molecule has 4 aromatic rings. The number of carbonyl (C=O) groups excluding carboxylic acids is 1. The van der Waals surface area contributed by atoms with Gasteiger partial charge in [-0.25, -0.2) is 4.39 Å². The maximum atomic E-state index is 15.2. The van der Waals surface area contributed by atoms with Gasteiger partial charge in [-0.15, -0.1) is 0 Å². The van der Waals surface area contributed by atoms with Gasteiger partial charge in [0.15, 0.2) is 0 Å². The van der Waals surface area contributed by atoms with Crippen LogP contribution in [0.3, 0.4) is 0 Å². The highest BCUT2D eigenvalue weighted by atomic mass is 35.5. The van der Waals surface area contributed by atoms with Crippen LogP contribution in [0.15, 0.2) is 48.8 Å². The van der Waals surface area contributed by atoms with Crippen LogP contribution in [0.25, 0.3) is 22.0 Å². The number of fused-ring (bicyclic) bond motifs is 2. The third-order valence-corrected chi connectivity index (χ3v) is 5.87. The minimum atomic E-state index is -0.339. The van der Waals surface area contributed by atoms with Crippen molar-refractivity contribution in [2.75, 3.05) is 0 Å². The molecular weight excluding hydrogens is 403 g/mol. The van der Waals surface area contributed by atoms with E-state index in [4.69, 9.17) is 11.6 Å². The minimum absolute atomic E-state index is 0.115. The Balaban J connectivity index is 1.51. The molecule has 5 nitrogen and oxygen atoms in total. The first-order chi connectivity index (χ1) is 14.4. The largest absolute Gasteiger partial charge is 0.328 e. The molecule has 1 amide bonds. The number of halogens is 2. The van der Waals surface area contributed by atoms with Crippen molar-refractivity contribution in [3.63, 3.8) is 0 Å². The van der Waals surface area contributed by atoms with Gasteiger partial charge in [-0.1, -0.05) is 23.7 Å². The number of amides is 1. The third kappa shape index (κ3) is 2.95. The van der Waals surface area contributed by atoms with Gasteiger partial charge in [-0.2, -0.15) is 5.10 Å². The quantitative estimate of drug-likeness (QED) is 0.474. The zero-order valence-corrected chi connectivity index (χ0v) is 17.2. The summed E-state index contributed by atoms with van der Waals surface area (Å²) in [5.41, 5.74) is 4.92. The fourth-order valence-electron chi connectivity index (χ4n) is 4.07. The van der Waals surface area contributed by atoms with E-state index in [1.54, 1.807) is 34.0 Å². The average Bonchev–Trinajstić information content (AvgIpc) is 3.26. The highest BCUT2D eigenvalue weighted by molar-refractivity contribution is 6.35. The summed E-state index contributed by atoms with van der Waals surface area (Å²) in [5.74, 6) is -0.454. The van der Waals surface area contributed by atoms with E-state index in [-0.39, 0.29) is 18.3 Å². The normalized spacial score (nSPS) is 13.3. The van der Waals surface area contributed by atoms with Crippen molar-refractivity contribution in [3.8, 4) is 11.1 Å². The van der Waals surface area contributed by atoms with E-state index in [1.165, 1.54) is 6.07 Å². The molecule has 0 atom stereocenters. The topological polar surface area (TPSA) is 51.0 Å². The van der Waals surface area contributed by atoms with E-state index in [0.717, 1.165) is 27.8 Å². The Morgan fingerprint density at radius 1 is 1.20 bits per heavy atom. The van der Waals surface area contributed by atoms with Crippen LogP contribution in [-0.2, 0) is 20.1 Å². The van der Waals surface area contributed by atoms with Gasteiger partial charge in [-0.3, -0.25) is 14.5 Å². The second kappa shape index (κ2) is 6.92. The zero-order valence-electron chi connectivity index (χ0n) is 16.5. The second-order valence-electron chi connectivity index (χ2n) is 7.57. The first kappa shape index (κ1) is 18.8. The molecule has 0 aliphatic carbocycles. The van der Waals surface area contributed by atoms with Crippen LogP contribution in [-0.4, -0.2) is 25.6 Å². The van der Waals surface area contributed by atoms with E-state index >= 15 is 4.39 Å². The van der Waals surface area contributed by atoms with Crippen molar-refractivity contribution < 1.29 is 9.18 Å². The summed E-state index contributed by atoms with van der Waals surface area (Å²) in [6, 6.07) is 10.6. The highest BCUT2D eigenvalue weighted by Crippen LogP contribution is 2.34. The van der Waals surface area contributed by atoms with Gasteiger partial charge in [0.25, 0.3) is 5.91 Å². The van der Waals surface area contributed by atoms with Gasteiger partial charge in [0, 0.05) is 36.9 Å². The van der Waals surface area contributed by atoms with Crippen LogP contribution in [0.2, 0.25) is 5.02 Å². The predicted octanol–water partition coefficient (Wildman–Crippen LogP) is 4.89. The molecule has 2 aromatic carbocycles. The van der Waals surface area contributed by atoms with Gasteiger partial charge in [0.2, 0.25) is 0 Å². The number of hydrogen-bond acceptors (Lipinski definition) is 3. The van der Waals surface area contributed by atoms with Crippen molar-refractivity contribution in [2.45, 2.75) is 20.0 Å². The minimum Gasteiger partial charge on any atom is -0.328 e. The molecule has 0 bridgehead atoms. The number of aryl methyl sites for hydroxylation is 2. The summed E-state index contributed by atoms with van der Waals surface area (Å²) in [6.07, 6.45) is 3.55. The molecule has 0 unspecified atom stereocenters. The maximum absolute atomic E-state index is 15.2. The van der Waals surface area contributed by atoms with E-state index in [2.05, 4.69) is 10.1 Å². The van der Waals surface area contributed by atoms with Crippen molar-refractivity contribution in [3.05, 3.63) is 82.0 Å². The molecule has 150 valence electrons. The van der Waals surface area contributed by atoms with Crippen LogP contribution in [0.5, 0.6) is 0 Å². The lowest BCUT2D eigenvalue weighted by Gasteiger charge is -2.18. The van der Waals surface area contributed by atoms with Crippen molar-refractivity contribution in [1.82, 2.24) is 19.7 Å². The van der Waals surface area contributed by atoms with Crippen LogP contribution < -0.4 is 0 Å². The number of nitrogens with zero attached hydrogens (tertiary/aromatic N) is 4. The molecule has 1 aliphatic rings. The number of carbonyl (C=O) groups is 1. The standard InChI is InChI=1S/C23H18ClFN4O/c1-13-8-14(15-5-6-19(24)22-18(15)10-28(2)27-22)9-20(25)17(13)11-29-12-21-16(23(29)30)4-3-7-26-21/h3-10H,11-12H2,1-2H3. The maximum Gasteiger partial charge on any atom is 0.256 e. The molecule has 0 radical (unpaired) electrons. The van der Waals surface area contributed by atoms with Gasteiger partial charge in [-0.05, 0) is 47.9 Å². The Morgan fingerprint density at radius 2 is 2.03 bits per heavy atom. The monoisotopic (exact) mass is 420 g/mol. The summed E-state index contributed by atoms with van der Waals surface area (Å²) in [6.45, 7) is 2.46. The number of aromatic nitrogens is 3. The first-order valence-corrected chi connectivity index (χ1v) is 9.94. The van der Waals surface area contributed by atoms with Crippen molar-refractivity contribution in [2.24, 2.45) is 7.05 Å². The smallest absolute Gasteiger partial charge is 0.256 e. The Kier molecular flexibility index (Phi) is 4.33. The van der Waals surface area contributed by atoms with Crippen LogP contribution in [0, 0.1) is 12.7 Å². The lowest BCUT2D eigenvalue weighted by molar-refractivity contribution is 0.0764. The van der Waals surface area contributed by atoms with E-state index in [0.29, 0.717) is 28.2 Å². The first-order valence-electron chi connectivity index (χ1n) is 9.57. The lowest BCUT2D eigenvalue weighted by Crippen LogP contribution is -2.24. The predicted molar refractivity (Wildman–Crippen MR) is 114 cm³/mol. The fraction of sp³-hybridized carbons (Fsp3) is 0.174. The van der Waals surface area contributed by atoms with Gasteiger partial charge >= 0.3 is 0 Å². The Hall–Kier alpha value is -3.25. The third-order valence-electron chi connectivity index (χ3n) is 5.57. The number of rotatable bonds is 3. The van der Waals surface area contributed by atoms with Gasteiger partial charge in [0.1, 0.15) is 11.3 Å². The van der Waals surface area contributed by atoms with E-state index < -0.39 is 0 Å². The summed E-state index contributed by atoms with van der Waals surface area (Å²) >= 11 is 6.27. The molecule has 30 heavy (non-hydrogen) atoms.